The van der Waals surface area contributed by atoms with E-state index >= 15 is 0 Å². The number of fused-ring (bicyclic) bond motifs is 1. The fourth-order valence-electron chi connectivity index (χ4n) is 2.97. The van der Waals surface area contributed by atoms with Crippen LogP contribution in [0.1, 0.15) is 29.8 Å². The molecule has 1 aliphatic carbocycles. The second kappa shape index (κ2) is 5.00. The molecule has 5 heteroatoms. The Labute approximate surface area is 132 Å². The summed E-state index contributed by atoms with van der Waals surface area (Å²) in [5.41, 5.74) is 3.05. The van der Waals surface area contributed by atoms with Crippen LogP contribution in [0, 0.1) is 0 Å². The summed E-state index contributed by atoms with van der Waals surface area (Å²) in [6.45, 7) is 0. The van der Waals surface area contributed by atoms with Crippen molar-refractivity contribution < 1.29 is 0 Å². The molecule has 0 N–H and O–H groups in total. The van der Waals surface area contributed by atoms with Gasteiger partial charge in [-0.05, 0) is 18.1 Å². The highest BCUT2D eigenvalue weighted by molar-refractivity contribution is 6.31. The molecule has 1 saturated carbocycles. The Balaban J connectivity index is 1.77. The molecule has 0 spiro atoms. The molecule has 0 aliphatic heterocycles. The molecule has 1 aromatic carbocycles. The van der Waals surface area contributed by atoms with Gasteiger partial charge in [0.15, 0.2) is 5.65 Å². The van der Waals surface area contributed by atoms with Crippen molar-refractivity contribution in [3.63, 3.8) is 0 Å². The van der Waals surface area contributed by atoms with Crippen molar-refractivity contribution in [1.29, 1.82) is 0 Å². The third-order valence-corrected chi connectivity index (χ3v) is 4.45. The van der Waals surface area contributed by atoms with Gasteiger partial charge in [-0.2, -0.15) is 0 Å². The molecule has 1 aliphatic rings. The summed E-state index contributed by atoms with van der Waals surface area (Å²) in [5, 5.41) is 0.601. The number of alkyl halides is 1. The zero-order valence-corrected chi connectivity index (χ0v) is 12.7. The van der Waals surface area contributed by atoms with Gasteiger partial charge in [0.05, 0.1) is 10.9 Å². The highest BCUT2D eigenvalue weighted by Crippen LogP contribution is 2.52. The number of imidazole rings is 1. The Hall–Kier alpha value is -1.58. The van der Waals surface area contributed by atoms with Crippen molar-refractivity contribution in [2.45, 2.75) is 24.3 Å². The van der Waals surface area contributed by atoms with Crippen molar-refractivity contribution in [3.05, 3.63) is 59.0 Å². The van der Waals surface area contributed by atoms with Gasteiger partial charge in [0.1, 0.15) is 11.3 Å². The minimum atomic E-state index is 0.381. The van der Waals surface area contributed by atoms with Gasteiger partial charge in [-0.3, -0.25) is 0 Å². The lowest BCUT2D eigenvalue weighted by Gasteiger charge is -2.07. The quantitative estimate of drug-likeness (QED) is 0.663. The summed E-state index contributed by atoms with van der Waals surface area (Å²) in [4.78, 5) is 9.01. The van der Waals surface area contributed by atoms with Gasteiger partial charge in [0, 0.05) is 18.2 Å². The molecule has 4 rings (SSSR count). The standard InChI is InChI=1S/C16H13Cl2N3/c17-8-15-20-13-6-11(18)9-19-16(13)21(15)14-7-12(14)10-4-2-1-3-5-10/h1-6,9,12,14H,7-8H2. The molecular weight excluding hydrogens is 305 g/mol. The summed E-state index contributed by atoms with van der Waals surface area (Å²) in [7, 11) is 0. The van der Waals surface area contributed by atoms with E-state index in [2.05, 4.69) is 38.8 Å². The Bertz CT molecular complexity index is 798. The van der Waals surface area contributed by atoms with E-state index in [1.165, 1.54) is 5.56 Å². The van der Waals surface area contributed by atoms with Crippen molar-refractivity contribution in [2.24, 2.45) is 0 Å². The molecule has 21 heavy (non-hydrogen) atoms. The van der Waals surface area contributed by atoms with Gasteiger partial charge in [-0.25, -0.2) is 9.97 Å². The predicted octanol–water partition coefficient (Wildman–Crippen LogP) is 4.55. The summed E-state index contributed by atoms with van der Waals surface area (Å²) < 4.78 is 2.18. The minimum Gasteiger partial charge on any atom is -0.308 e. The highest BCUT2D eigenvalue weighted by atomic mass is 35.5. The van der Waals surface area contributed by atoms with Gasteiger partial charge in [0.25, 0.3) is 0 Å². The molecular formula is C16H13Cl2N3. The lowest BCUT2D eigenvalue weighted by Crippen LogP contribution is -2.02. The molecule has 106 valence electrons. The molecule has 1 fully saturated rings. The van der Waals surface area contributed by atoms with E-state index in [1.54, 1.807) is 6.20 Å². The maximum atomic E-state index is 6.06. The molecule has 2 heterocycles. The number of aromatic nitrogens is 3. The van der Waals surface area contributed by atoms with Gasteiger partial charge in [-0.1, -0.05) is 41.9 Å². The van der Waals surface area contributed by atoms with E-state index in [-0.39, 0.29) is 0 Å². The molecule has 0 radical (unpaired) electrons. The number of halogens is 2. The molecule has 0 amide bonds. The van der Waals surface area contributed by atoms with E-state index in [0.717, 1.165) is 23.4 Å². The number of nitrogens with zero attached hydrogens (tertiary/aromatic N) is 3. The van der Waals surface area contributed by atoms with Crippen molar-refractivity contribution in [1.82, 2.24) is 14.5 Å². The highest BCUT2D eigenvalue weighted by Gasteiger charge is 2.42. The number of rotatable bonds is 3. The molecule has 3 nitrogen and oxygen atoms in total. The van der Waals surface area contributed by atoms with Crippen LogP contribution in [-0.2, 0) is 5.88 Å². The fourth-order valence-corrected chi connectivity index (χ4v) is 3.31. The first-order chi connectivity index (χ1) is 10.3. The Kier molecular flexibility index (Phi) is 3.12. The van der Waals surface area contributed by atoms with E-state index in [9.17, 15) is 0 Å². The zero-order valence-electron chi connectivity index (χ0n) is 11.2. The largest absolute Gasteiger partial charge is 0.308 e. The molecule has 2 aromatic heterocycles. The first-order valence-electron chi connectivity index (χ1n) is 6.91. The normalized spacial score (nSPS) is 20.9. The smallest absolute Gasteiger partial charge is 0.160 e. The first-order valence-corrected chi connectivity index (χ1v) is 7.82. The van der Waals surface area contributed by atoms with Crippen LogP contribution in [0.15, 0.2) is 42.6 Å². The lowest BCUT2D eigenvalue weighted by atomic mass is 10.1. The van der Waals surface area contributed by atoms with Crippen LogP contribution in [0.25, 0.3) is 11.2 Å². The SMILES string of the molecule is ClCc1nc2cc(Cl)cnc2n1C1CC1c1ccccc1. The third kappa shape index (κ3) is 2.21. The summed E-state index contributed by atoms with van der Waals surface area (Å²) >= 11 is 12.1. The van der Waals surface area contributed by atoms with Gasteiger partial charge in [-0.15, -0.1) is 11.6 Å². The molecule has 3 aromatic rings. The number of hydrogen-bond donors (Lipinski definition) is 0. The van der Waals surface area contributed by atoms with Crippen LogP contribution in [0.2, 0.25) is 5.02 Å². The summed E-state index contributed by atoms with van der Waals surface area (Å²) in [5.74, 6) is 1.76. The minimum absolute atomic E-state index is 0.381. The lowest BCUT2D eigenvalue weighted by molar-refractivity contribution is 0.700. The van der Waals surface area contributed by atoms with Crippen LogP contribution < -0.4 is 0 Å². The average Bonchev–Trinajstić information content (AvgIpc) is 3.22. The second-order valence-electron chi connectivity index (χ2n) is 5.35. The maximum Gasteiger partial charge on any atom is 0.160 e. The van der Waals surface area contributed by atoms with Crippen molar-refractivity contribution >= 4 is 34.4 Å². The second-order valence-corrected chi connectivity index (χ2v) is 6.05. The van der Waals surface area contributed by atoms with Crippen LogP contribution in [-0.4, -0.2) is 14.5 Å². The number of pyridine rings is 1. The van der Waals surface area contributed by atoms with Gasteiger partial charge in [0.2, 0.25) is 0 Å². The summed E-state index contributed by atoms with van der Waals surface area (Å²) in [6, 6.07) is 12.8. The van der Waals surface area contributed by atoms with E-state index < -0.39 is 0 Å². The van der Waals surface area contributed by atoms with E-state index in [1.807, 2.05) is 12.1 Å². The Morgan fingerprint density at radius 1 is 1.24 bits per heavy atom. The fraction of sp³-hybridized carbons (Fsp3) is 0.250. The summed E-state index contributed by atoms with van der Waals surface area (Å²) in [6.07, 6.45) is 2.77. The van der Waals surface area contributed by atoms with Crippen molar-refractivity contribution in [3.8, 4) is 0 Å². The molecule has 2 atom stereocenters. The molecule has 2 unspecified atom stereocenters. The molecule has 0 saturated heterocycles. The maximum absolute atomic E-state index is 6.06. The van der Waals surface area contributed by atoms with Gasteiger partial charge >= 0.3 is 0 Å². The predicted molar refractivity (Wildman–Crippen MR) is 84.9 cm³/mol. The topological polar surface area (TPSA) is 30.7 Å². The van der Waals surface area contributed by atoms with E-state index in [4.69, 9.17) is 23.2 Å². The third-order valence-electron chi connectivity index (χ3n) is 4.01. The Morgan fingerprint density at radius 2 is 2.05 bits per heavy atom. The van der Waals surface area contributed by atoms with Crippen LogP contribution in [0.3, 0.4) is 0 Å². The van der Waals surface area contributed by atoms with Crippen LogP contribution >= 0.6 is 23.2 Å². The van der Waals surface area contributed by atoms with Crippen LogP contribution in [0.4, 0.5) is 0 Å². The van der Waals surface area contributed by atoms with Gasteiger partial charge < -0.3 is 4.57 Å². The molecule has 0 bridgehead atoms. The zero-order chi connectivity index (χ0) is 14.4. The average molecular weight is 318 g/mol. The van der Waals surface area contributed by atoms with Crippen LogP contribution in [0.5, 0.6) is 0 Å². The monoisotopic (exact) mass is 317 g/mol. The van der Waals surface area contributed by atoms with E-state index in [0.29, 0.717) is 22.9 Å². The first kappa shape index (κ1) is 13.1. The number of benzene rings is 1. The Morgan fingerprint density at radius 3 is 2.81 bits per heavy atom. The number of hydrogen-bond acceptors (Lipinski definition) is 2. The van der Waals surface area contributed by atoms with Crippen molar-refractivity contribution in [2.75, 3.05) is 0 Å².